The standard InChI is InChI=1S/C24H32N2O4S/c1-17-3-7-20(8-4-17)30-16-22-21-10-12-31-23(21)9-11-26(22)24(28)14-25(18-5-6-18)13-19(27)15-29-2/h3-4,7-8,10,12,18-19,22,27H,5-6,9,11,13-16H2,1-2H3. The van der Waals surface area contributed by atoms with Gasteiger partial charge in [-0.3, -0.25) is 9.69 Å². The maximum atomic E-state index is 13.4. The Morgan fingerprint density at radius 2 is 2.06 bits per heavy atom. The van der Waals surface area contributed by atoms with E-state index >= 15 is 0 Å². The smallest absolute Gasteiger partial charge is 0.237 e. The van der Waals surface area contributed by atoms with E-state index < -0.39 is 6.10 Å². The van der Waals surface area contributed by atoms with Crippen LogP contribution in [0.1, 0.15) is 34.9 Å². The quantitative estimate of drug-likeness (QED) is 0.610. The van der Waals surface area contributed by atoms with Crippen molar-refractivity contribution in [2.75, 3.05) is 40.0 Å². The van der Waals surface area contributed by atoms with E-state index in [0.717, 1.165) is 25.0 Å². The molecule has 6 nitrogen and oxygen atoms in total. The van der Waals surface area contributed by atoms with Gasteiger partial charge in [-0.2, -0.15) is 0 Å². The van der Waals surface area contributed by atoms with E-state index in [1.165, 1.54) is 16.0 Å². The molecule has 1 aliphatic heterocycles. The van der Waals surface area contributed by atoms with Crippen LogP contribution in [0.3, 0.4) is 0 Å². The highest BCUT2D eigenvalue weighted by molar-refractivity contribution is 7.10. The number of ether oxygens (including phenoxy) is 2. The lowest BCUT2D eigenvalue weighted by Gasteiger charge is -2.37. The second-order valence-corrected chi connectivity index (χ2v) is 9.55. The molecule has 1 aromatic carbocycles. The zero-order valence-corrected chi connectivity index (χ0v) is 19.1. The van der Waals surface area contributed by atoms with Crippen molar-refractivity contribution in [2.24, 2.45) is 0 Å². The second kappa shape index (κ2) is 10.1. The number of aliphatic hydroxyl groups excluding tert-OH is 1. The van der Waals surface area contributed by atoms with Crippen molar-refractivity contribution >= 4 is 17.2 Å². The Morgan fingerprint density at radius 3 is 2.77 bits per heavy atom. The summed E-state index contributed by atoms with van der Waals surface area (Å²) in [5, 5.41) is 12.3. The number of nitrogens with zero attached hydrogens (tertiary/aromatic N) is 2. The van der Waals surface area contributed by atoms with Crippen LogP contribution in [0.15, 0.2) is 35.7 Å². The number of thiophene rings is 1. The van der Waals surface area contributed by atoms with Crippen molar-refractivity contribution in [1.29, 1.82) is 0 Å². The number of methoxy groups -OCH3 is 1. The summed E-state index contributed by atoms with van der Waals surface area (Å²) in [7, 11) is 1.58. The summed E-state index contributed by atoms with van der Waals surface area (Å²) in [5.74, 6) is 0.925. The largest absolute Gasteiger partial charge is 0.491 e. The van der Waals surface area contributed by atoms with E-state index in [0.29, 0.717) is 32.3 Å². The van der Waals surface area contributed by atoms with Crippen molar-refractivity contribution in [3.8, 4) is 5.75 Å². The predicted molar refractivity (Wildman–Crippen MR) is 122 cm³/mol. The summed E-state index contributed by atoms with van der Waals surface area (Å²) in [4.78, 5) is 18.8. The summed E-state index contributed by atoms with van der Waals surface area (Å²) >= 11 is 1.76. The van der Waals surface area contributed by atoms with Crippen LogP contribution in [-0.2, 0) is 16.0 Å². The third kappa shape index (κ3) is 5.66. The average molecular weight is 445 g/mol. The molecule has 0 bridgehead atoms. The number of fused-ring (bicyclic) bond motifs is 1. The number of hydrogen-bond donors (Lipinski definition) is 1. The van der Waals surface area contributed by atoms with Crippen molar-refractivity contribution in [3.05, 3.63) is 51.7 Å². The molecule has 2 unspecified atom stereocenters. The fourth-order valence-corrected chi connectivity index (χ4v) is 5.18. The summed E-state index contributed by atoms with van der Waals surface area (Å²) in [6, 6.07) is 10.5. The molecule has 2 atom stereocenters. The van der Waals surface area contributed by atoms with Gasteiger partial charge < -0.3 is 19.5 Å². The Labute approximate surface area is 188 Å². The maximum Gasteiger partial charge on any atom is 0.237 e. The van der Waals surface area contributed by atoms with Gasteiger partial charge in [0, 0.05) is 31.1 Å². The number of hydrogen-bond acceptors (Lipinski definition) is 6. The van der Waals surface area contributed by atoms with Gasteiger partial charge in [-0.05, 0) is 55.3 Å². The van der Waals surface area contributed by atoms with Gasteiger partial charge in [0.2, 0.25) is 5.91 Å². The molecule has 1 aromatic heterocycles. The average Bonchev–Trinajstić information content (AvgIpc) is 3.49. The molecule has 2 aromatic rings. The molecule has 1 fully saturated rings. The van der Waals surface area contributed by atoms with Gasteiger partial charge in [-0.25, -0.2) is 0 Å². The monoisotopic (exact) mass is 444 g/mol. The zero-order chi connectivity index (χ0) is 21.8. The highest BCUT2D eigenvalue weighted by atomic mass is 32.1. The number of benzene rings is 1. The topological polar surface area (TPSA) is 62.2 Å². The lowest BCUT2D eigenvalue weighted by Crippen LogP contribution is -2.48. The van der Waals surface area contributed by atoms with Crippen LogP contribution < -0.4 is 4.74 Å². The third-order valence-corrected chi connectivity index (χ3v) is 7.05. The van der Waals surface area contributed by atoms with Crippen molar-refractivity contribution in [2.45, 2.75) is 44.4 Å². The normalized spacial score (nSPS) is 19.4. The second-order valence-electron chi connectivity index (χ2n) is 8.55. The Bertz CT molecular complexity index is 865. The van der Waals surface area contributed by atoms with Gasteiger partial charge in [0.1, 0.15) is 12.4 Å². The molecule has 0 saturated heterocycles. The molecule has 0 radical (unpaired) electrons. The van der Waals surface area contributed by atoms with E-state index in [1.54, 1.807) is 18.4 Å². The van der Waals surface area contributed by atoms with Crippen LogP contribution in [0.5, 0.6) is 5.75 Å². The number of amides is 1. The van der Waals surface area contributed by atoms with Crippen LogP contribution >= 0.6 is 11.3 Å². The number of rotatable bonds is 10. The molecular formula is C24H32N2O4S. The number of aryl methyl sites for hydroxylation is 1. The SMILES string of the molecule is COCC(O)CN(CC(=O)N1CCc2sccc2C1COc1ccc(C)cc1)C1CC1. The molecule has 168 valence electrons. The molecular weight excluding hydrogens is 412 g/mol. The molecule has 1 amide bonds. The minimum Gasteiger partial charge on any atom is -0.491 e. The lowest BCUT2D eigenvalue weighted by atomic mass is 10.0. The summed E-state index contributed by atoms with van der Waals surface area (Å²) in [5.41, 5.74) is 2.40. The highest BCUT2D eigenvalue weighted by Crippen LogP contribution is 2.34. The Hall–Kier alpha value is -1.93. The summed E-state index contributed by atoms with van der Waals surface area (Å²) in [6.45, 7) is 4.27. The van der Waals surface area contributed by atoms with Crippen LogP contribution in [0.2, 0.25) is 0 Å². The van der Waals surface area contributed by atoms with Crippen LogP contribution in [-0.4, -0.2) is 72.9 Å². The van der Waals surface area contributed by atoms with Crippen LogP contribution in [0.25, 0.3) is 0 Å². The molecule has 7 heteroatoms. The van der Waals surface area contributed by atoms with Gasteiger partial charge in [-0.15, -0.1) is 11.3 Å². The fourth-order valence-electron chi connectivity index (χ4n) is 4.25. The zero-order valence-electron chi connectivity index (χ0n) is 18.3. The highest BCUT2D eigenvalue weighted by Gasteiger charge is 2.36. The molecule has 4 rings (SSSR count). The van der Waals surface area contributed by atoms with E-state index in [1.807, 2.05) is 29.2 Å². The molecule has 1 saturated carbocycles. The Kier molecular flexibility index (Phi) is 7.27. The summed E-state index contributed by atoms with van der Waals surface area (Å²) < 4.78 is 11.2. The first-order valence-electron chi connectivity index (χ1n) is 11.0. The van der Waals surface area contributed by atoms with E-state index in [4.69, 9.17) is 9.47 Å². The van der Waals surface area contributed by atoms with Crippen LogP contribution in [0, 0.1) is 6.92 Å². The molecule has 1 N–H and O–H groups in total. The molecule has 2 heterocycles. The first-order chi connectivity index (χ1) is 15.0. The molecule has 31 heavy (non-hydrogen) atoms. The van der Waals surface area contributed by atoms with Gasteiger partial charge in [0.05, 0.1) is 25.3 Å². The number of carbonyl (C=O) groups excluding carboxylic acids is 1. The van der Waals surface area contributed by atoms with E-state index in [9.17, 15) is 9.90 Å². The summed E-state index contributed by atoms with van der Waals surface area (Å²) in [6.07, 6.45) is 2.47. The third-order valence-electron chi connectivity index (χ3n) is 6.05. The lowest BCUT2D eigenvalue weighted by molar-refractivity contribution is -0.136. The van der Waals surface area contributed by atoms with Crippen molar-refractivity contribution in [3.63, 3.8) is 0 Å². The van der Waals surface area contributed by atoms with E-state index in [2.05, 4.69) is 23.3 Å². The van der Waals surface area contributed by atoms with Crippen molar-refractivity contribution in [1.82, 2.24) is 9.80 Å². The molecule has 1 aliphatic carbocycles. The van der Waals surface area contributed by atoms with Gasteiger partial charge in [0.25, 0.3) is 0 Å². The molecule has 0 spiro atoms. The maximum absolute atomic E-state index is 13.4. The minimum absolute atomic E-state index is 0.0891. The first kappa shape index (κ1) is 22.3. The Morgan fingerprint density at radius 1 is 1.29 bits per heavy atom. The van der Waals surface area contributed by atoms with Gasteiger partial charge in [0.15, 0.2) is 0 Å². The molecule has 2 aliphatic rings. The number of aliphatic hydroxyl groups is 1. The first-order valence-corrected chi connectivity index (χ1v) is 11.9. The van der Waals surface area contributed by atoms with E-state index in [-0.39, 0.29) is 18.6 Å². The van der Waals surface area contributed by atoms with Gasteiger partial charge >= 0.3 is 0 Å². The predicted octanol–water partition coefficient (Wildman–Crippen LogP) is 3.03. The number of carbonyl (C=O) groups is 1. The van der Waals surface area contributed by atoms with Gasteiger partial charge in [-0.1, -0.05) is 17.7 Å². The minimum atomic E-state index is -0.580. The van der Waals surface area contributed by atoms with Crippen molar-refractivity contribution < 1.29 is 19.4 Å². The fraction of sp³-hybridized carbons (Fsp3) is 0.542. The Balaban J connectivity index is 1.45. The van der Waals surface area contributed by atoms with Crippen LogP contribution in [0.4, 0.5) is 0 Å².